The number of carbonyl (C=O) groups excluding carboxylic acids is 10. The standard InChI is InChI=1S/C63H76N6O21/c1-33(2)48(56(78)68-26-16-23-41(68)55(77)65-30-45(73)64-25-24-46(74)85-31-37-17-11-9-12-18-37)66-59(81)67-49(38-19-13-10-14-20-38)50(75)58(80)88-42-29-63(82)54(89-57(79)39-21-15-22-40(27-39)69(83)84)52-61(8,43(72)28-44-62(52,32-86-44)90-36(5)71)53(76)51(87-35(4)70)47(34(42)3)60(63,6)7/h9-15,17-22,27,33,41-44,48-52,54,72,75,82H,16,23-26,28-32H2,1-8H3,(H,64,73)(H,65,77)(H2,66,67,81)/t41-,42-,43-,44+,48?,49-,50+,51+,52?,54?,61+,62-,63+/m0/s1. The van der Waals surface area contributed by atoms with E-state index in [0.717, 1.165) is 31.5 Å². The van der Waals surface area contributed by atoms with Crippen molar-refractivity contribution in [3.05, 3.63) is 123 Å². The third kappa shape index (κ3) is 13.4. The first-order valence-corrected chi connectivity index (χ1v) is 29.6. The molecule has 3 aromatic carbocycles. The molecule has 2 saturated heterocycles. The van der Waals surface area contributed by atoms with Gasteiger partial charge < -0.3 is 69.9 Å². The van der Waals surface area contributed by atoms with Gasteiger partial charge in [-0.2, -0.15) is 0 Å². The normalized spacial score (nSPS) is 27.4. The zero-order valence-corrected chi connectivity index (χ0v) is 51.1. The molecule has 4 fully saturated rings. The molecule has 0 spiro atoms. The number of ether oxygens (including phenoxy) is 6. The highest BCUT2D eigenvalue weighted by Crippen LogP contribution is 2.64. The Morgan fingerprint density at radius 3 is 2.18 bits per heavy atom. The van der Waals surface area contributed by atoms with Gasteiger partial charge in [-0.1, -0.05) is 94.4 Å². The highest BCUT2D eigenvalue weighted by atomic mass is 16.6. The van der Waals surface area contributed by atoms with Crippen LogP contribution in [0.1, 0.15) is 115 Å². The molecule has 27 nitrogen and oxygen atoms in total. The molecule has 2 aliphatic heterocycles. The monoisotopic (exact) mass is 1250 g/mol. The first-order chi connectivity index (χ1) is 42.5. The molecule has 8 rings (SSSR count). The summed E-state index contributed by atoms with van der Waals surface area (Å²) in [5, 5.41) is 60.5. The number of ketones is 1. The minimum Gasteiger partial charge on any atom is -0.461 e. The summed E-state index contributed by atoms with van der Waals surface area (Å²) in [4.78, 5) is 151. The lowest BCUT2D eigenvalue weighted by atomic mass is 9.44. The summed E-state index contributed by atoms with van der Waals surface area (Å²) in [6.45, 7) is 10.1. The van der Waals surface area contributed by atoms with E-state index >= 15 is 4.79 Å². The Labute approximate surface area is 518 Å². The van der Waals surface area contributed by atoms with Gasteiger partial charge in [-0.25, -0.2) is 14.4 Å². The Kier molecular flexibility index (Phi) is 20.3. The van der Waals surface area contributed by atoms with Gasteiger partial charge in [0.1, 0.15) is 42.6 Å². The molecule has 2 bridgehead atoms. The third-order valence-electron chi connectivity index (χ3n) is 18.1. The molecule has 7 N–H and O–H groups in total. The van der Waals surface area contributed by atoms with Crippen molar-refractivity contribution >= 4 is 65.1 Å². The van der Waals surface area contributed by atoms with E-state index in [9.17, 15) is 68.6 Å². The Morgan fingerprint density at radius 2 is 1.56 bits per heavy atom. The number of carbonyl (C=O) groups is 10. The molecule has 5 aliphatic rings. The van der Waals surface area contributed by atoms with Crippen LogP contribution in [0.3, 0.4) is 0 Å². The first kappa shape index (κ1) is 67.3. The second-order valence-electron chi connectivity index (χ2n) is 24.4. The van der Waals surface area contributed by atoms with Crippen LogP contribution in [0.5, 0.6) is 0 Å². The lowest BCUT2D eigenvalue weighted by Gasteiger charge is -2.67. The van der Waals surface area contributed by atoms with Crippen LogP contribution in [0.4, 0.5) is 10.5 Å². The Balaban J connectivity index is 1.04. The fourth-order valence-electron chi connectivity index (χ4n) is 13.3. The molecule has 3 unspecified atom stereocenters. The van der Waals surface area contributed by atoms with Crippen molar-refractivity contribution in [2.75, 3.05) is 26.2 Å². The van der Waals surface area contributed by atoms with E-state index in [4.69, 9.17) is 28.4 Å². The molecule has 3 aromatic rings. The maximum atomic E-state index is 15.8. The fraction of sp³-hybridized carbons (Fsp3) is 0.524. The van der Waals surface area contributed by atoms with Gasteiger partial charge in [0.05, 0.1) is 53.5 Å². The van der Waals surface area contributed by atoms with Gasteiger partial charge in [-0.3, -0.25) is 43.7 Å². The molecule has 27 heteroatoms. The van der Waals surface area contributed by atoms with Crippen LogP contribution in [-0.4, -0.2) is 171 Å². The van der Waals surface area contributed by atoms with E-state index in [2.05, 4.69) is 21.3 Å². The molecular weight excluding hydrogens is 1180 g/mol. The van der Waals surface area contributed by atoms with E-state index in [1.807, 2.05) is 6.07 Å². The van der Waals surface area contributed by atoms with Crippen molar-refractivity contribution in [3.8, 4) is 0 Å². The molecule has 90 heavy (non-hydrogen) atoms. The minimum atomic E-state index is -2.65. The number of urea groups is 1. The first-order valence-electron chi connectivity index (χ1n) is 29.6. The molecule has 2 saturated carbocycles. The number of benzene rings is 3. The van der Waals surface area contributed by atoms with Crippen LogP contribution in [0, 0.1) is 32.8 Å². The largest absolute Gasteiger partial charge is 0.461 e. The van der Waals surface area contributed by atoms with Gasteiger partial charge in [0.15, 0.2) is 23.6 Å². The molecule has 2 heterocycles. The lowest BCUT2D eigenvalue weighted by Crippen LogP contribution is -2.82. The average molecular weight is 1250 g/mol. The van der Waals surface area contributed by atoms with Crippen LogP contribution in [0.15, 0.2) is 96.1 Å². The number of fused-ring (bicyclic) bond motifs is 5. The highest BCUT2D eigenvalue weighted by Gasteiger charge is 2.78. The number of non-ortho nitro benzene ring substituents is 1. The molecule has 13 atom stereocenters. The summed E-state index contributed by atoms with van der Waals surface area (Å²) in [6.07, 6.45) is -11.7. The number of rotatable bonds is 21. The van der Waals surface area contributed by atoms with E-state index in [0.29, 0.717) is 6.42 Å². The quantitative estimate of drug-likeness (QED) is 0.0265. The van der Waals surface area contributed by atoms with Crippen molar-refractivity contribution in [2.24, 2.45) is 22.7 Å². The number of nitrogens with one attached hydrogen (secondary N) is 4. The van der Waals surface area contributed by atoms with E-state index < -0.39 is 184 Å². The summed E-state index contributed by atoms with van der Waals surface area (Å²) in [7, 11) is 0. The van der Waals surface area contributed by atoms with E-state index in [-0.39, 0.29) is 55.7 Å². The number of nitrogens with zero attached hydrogens (tertiary/aromatic N) is 2. The number of nitro benzene ring substituents is 1. The molecule has 0 aromatic heterocycles. The van der Waals surface area contributed by atoms with Crippen molar-refractivity contribution in [2.45, 2.75) is 160 Å². The summed E-state index contributed by atoms with van der Waals surface area (Å²) in [6, 6.07) is 16.0. The number of amides is 5. The molecule has 5 amide bonds. The molecular formula is C63H76N6O21. The number of nitro groups is 1. The number of aliphatic hydroxyl groups excluding tert-OH is 2. The van der Waals surface area contributed by atoms with Crippen LogP contribution in [0.25, 0.3) is 0 Å². The summed E-state index contributed by atoms with van der Waals surface area (Å²) in [5.74, 6) is -10.5. The fourth-order valence-corrected chi connectivity index (χ4v) is 13.3. The maximum absolute atomic E-state index is 15.8. The lowest BCUT2D eigenvalue weighted by molar-refractivity contribution is -0.384. The number of aliphatic hydroxyl groups is 3. The zero-order valence-electron chi connectivity index (χ0n) is 51.1. The minimum absolute atomic E-state index is 0.00634. The number of Topliss-reactive ketones (excluding diaryl/α,β-unsaturated/α-hetero) is 1. The topological polar surface area (TPSA) is 381 Å². The Morgan fingerprint density at radius 1 is 0.878 bits per heavy atom. The van der Waals surface area contributed by atoms with Gasteiger partial charge >= 0.3 is 35.9 Å². The van der Waals surface area contributed by atoms with E-state index in [1.54, 1.807) is 56.3 Å². The summed E-state index contributed by atoms with van der Waals surface area (Å²) < 4.78 is 35.5. The second kappa shape index (κ2) is 27.2. The number of hydrogen-bond acceptors (Lipinski definition) is 21. The SMILES string of the molecule is CC(=O)O[C@H]1C(=O)[C@@]2(C)C(C(OC(=O)c3cccc([N+](=O)[O-])c3)[C@]3(O)C[C@H](OC(=O)[C@H](O)[C@@H](NC(=O)NC(C(=O)N4CCC[C@H]4C(=O)NCC(=O)NCCC(=O)OCc4ccccc4)C(C)C)c4ccccc4)C(C)=C1C3(C)C)[C@]1(OC(C)=O)CO[C@@H]1C[C@@H]2O. The van der Waals surface area contributed by atoms with Crippen molar-refractivity contribution in [1.82, 2.24) is 26.2 Å². The molecule has 484 valence electrons. The summed E-state index contributed by atoms with van der Waals surface area (Å²) in [5.41, 5.74) is -8.89. The van der Waals surface area contributed by atoms with Gasteiger partial charge in [0.25, 0.3) is 5.69 Å². The maximum Gasteiger partial charge on any atom is 0.338 e. The van der Waals surface area contributed by atoms with Crippen molar-refractivity contribution in [3.63, 3.8) is 0 Å². The Hall–Kier alpha value is -8.66. The Bertz CT molecular complexity index is 3320. The van der Waals surface area contributed by atoms with Gasteiger partial charge in [-0.05, 0) is 60.9 Å². The number of likely N-dealkylation sites (tertiary alicyclic amines) is 1. The van der Waals surface area contributed by atoms with Gasteiger partial charge in [0, 0.05) is 57.3 Å². The predicted octanol–water partition coefficient (Wildman–Crippen LogP) is 2.89. The van der Waals surface area contributed by atoms with Crippen LogP contribution in [0.2, 0.25) is 0 Å². The zero-order chi connectivity index (χ0) is 65.8. The highest BCUT2D eigenvalue weighted by molar-refractivity contribution is 5.96. The van der Waals surface area contributed by atoms with Crippen molar-refractivity contribution < 1.29 is 96.6 Å². The molecule has 3 aliphatic carbocycles. The summed E-state index contributed by atoms with van der Waals surface area (Å²) >= 11 is 0. The van der Waals surface area contributed by atoms with Gasteiger partial charge in [0.2, 0.25) is 17.7 Å². The number of hydrogen-bond donors (Lipinski definition) is 7. The smallest absolute Gasteiger partial charge is 0.338 e. The van der Waals surface area contributed by atoms with E-state index in [1.165, 1.54) is 56.9 Å². The molecule has 0 radical (unpaired) electrons. The van der Waals surface area contributed by atoms with Crippen LogP contribution < -0.4 is 21.3 Å². The van der Waals surface area contributed by atoms with Gasteiger partial charge in [-0.15, -0.1) is 0 Å². The predicted molar refractivity (Wildman–Crippen MR) is 312 cm³/mol. The van der Waals surface area contributed by atoms with Crippen LogP contribution in [-0.2, 0) is 73.4 Å². The third-order valence-corrected chi connectivity index (χ3v) is 18.1. The van der Waals surface area contributed by atoms with Crippen LogP contribution >= 0.6 is 0 Å². The second-order valence-corrected chi connectivity index (χ2v) is 24.4. The average Bonchev–Trinajstić information content (AvgIpc) is 0.685. The van der Waals surface area contributed by atoms with Crippen molar-refractivity contribution in [1.29, 1.82) is 0 Å². The number of esters is 5.